The second kappa shape index (κ2) is 8.09. The summed E-state index contributed by atoms with van der Waals surface area (Å²) in [4.78, 5) is 16.1. The summed E-state index contributed by atoms with van der Waals surface area (Å²) in [6.07, 6.45) is 1.55. The molecular formula is C16H18FN3O2. The summed E-state index contributed by atoms with van der Waals surface area (Å²) in [7, 11) is 1.62. The van der Waals surface area contributed by atoms with Gasteiger partial charge in [-0.1, -0.05) is 18.2 Å². The summed E-state index contributed by atoms with van der Waals surface area (Å²) in [6.45, 7) is 1.32. The van der Waals surface area contributed by atoms with E-state index in [4.69, 9.17) is 4.74 Å². The molecule has 0 saturated carbocycles. The first kappa shape index (κ1) is 15.9. The summed E-state index contributed by atoms with van der Waals surface area (Å²) < 4.78 is 18.4. The van der Waals surface area contributed by atoms with Crippen LogP contribution in [0.25, 0.3) is 0 Å². The molecule has 0 aliphatic carbocycles. The minimum atomic E-state index is -0.348. The van der Waals surface area contributed by atoms with Crippen molar-refractivity contribution in [3.05, 3.63) is 59.7 Å². The predicted molar refractivity (Wildman–Crippen MR) is 82.2 cm³/mol. The average Bonchev–Trinajstić information content (AvgIpc) is 2.54. The molecule has 1 amide bonds. The zero-order chi connectivity index (χ0) is 15.8. The van der Waals surface area contributed by atoms with Crippen LogP contribution in [0.15, 0.2) is 42.6 Å². The Balaban J connectivity index is 1.95. The fourth-order valence-electron chi connectivity index (χ4n) is 1.87. The molecule has 0 aliphatic heterocycles. The molecule has 1 aromatic carbocycles. The standard InChI is InChI=1S/C16H18FN3O2/c1-22-9-8-18-13-6-7-19-15(10-13)16(21)20-11-12-4-2-3-5-14(12)17/h2-7,10H,8-9,11H2,1H3,(H,18,19)(H,20,21). The number of hydrogen-bond acceptors (Lipinski definition) is 4. The molecule has 0 fully saturated rings. The van der Waals surface area contributed by atoms with Gasteiger partial charge in [0.05, 0.1) is 6.61 Å². The number of rotatable bonds is 7. The minimum Gasteiger partial charge on any atom is -0.383 e. The van der Waals surface area contributed by atoms with E-state index < -0.39 is 0 Å². The lowest BCUT2D eigenvalue weighted by Gasteiger charge is -2.08. The number of methoxy groups -OCH3 is 1. The number of benzene rings is 1. The van der Waals surface area contributed by atoms with E-state index >= 15 is 0 Å². The Morgan fingerprint density at radius 1 is 1.32 bits per heavy atom. The number of anilines is 1. The first-order valence-corrected chi connectivity index (χ1v) is 6.91. The number of pyridine rings is 1. The molecule has 1 heterocycles. The van der Waals surface area contributed by atoms with Gasteiger partial charge in [0.1, 0.15) is 11.5 Å². The quantitative estimate of drug-likeness (QED) is 0.770. The van der Waals surface area contributed by atoms with Crippen LogP contribution >= 0.6 is 0 Å². The fraction of sp³-hybridized carbons (Fsp3) is 0.250. The van der Waals surface area contributed by atoms with Crippen LogP contribution in [0.2, 0.25) is 0 Å². The van der Waals surface area contributed by atoms with Crippen molar-refractivity contribution in [3.8, 4) is 0 Å². The Bertz CT molecular complexity index is 634. The molecule has 116 valence electrons. The first-order chi connectivity index (χ1) is 10.7. The lowest BCUT2D eigenvalue weighted by molar-refractivity contribution is 0.0945. The number of nitrogens with zero attached hydrogens (tertiary/aromatic N) is 1. The van der Waals surface area contributed by atoms with Gasteiger partial charge in [-0.3, -0.25) is 9.78 Å². The third-order valence-electron chi connectivity index (χ3n) is 3.03. The fourth-order valence-corrected chi connectivity index (χ4v) is 1.87. The Labute approximate surface area is 128 Å². The molecule has 0 bridgehead atoms. The molecule has 6 heteroatoms. The van der Waals surface area contributed by atoms with Crippen LogP contribution in [0.5, 0.6) is 0 Å². The Hall–Kier alpha value is -2.47. The van der Waals surface area contributed by atoms with Gasteiger partial charge in [-0.15, -0.1) is 0 Å². The number of aromatic nitrogens is 1. The van der Waals surface area contributed by atoms with Crippen LogP contribution in [0.4, 0.5) is 10.1 Å². The zero-order valence-electron chi connectivity index (χ0n) is 12.3. The number of carbonyl (C=O) groups is 1. The van der Waals surface area contributed by atoms with Crippen molar-refractivity contribution in [2.45, 2.75) is 6.54 Å². The van der Waals surface area contributed by atoms with Crippen molar-refractivity contribution in [2.24, 2.45) is 0 Å². The van der Waals surface area contributed by atoms with Gasteiger partial charge in [0.2, 0.25) is 0 Å². The minimum absolute atomic E-state index is 0.120. The van der Waals surface area contributed by atoms with E-state index in [0.29, 0.717) is 18.7 Å². The van der Waals surface area contributed by atoms with E-state index in [1.165, 1.54) is 6.07 Å². The van der Waals surface area contributed by atoms with Crippen LogP contribution in [-0.2, 0) is 11.3 Å². The molecule has 0 radical (unpaired) electrons. The number of nitrogens with one attached hydrogen (secondary N) is 2. The van der Waals surface area contributed by atoms with Gasteiger partial charge in [0, 0.05) is 37.6 Å². The van der Waals surface area contributed by atoms with E-state index in [2.05, 4.69) is 15.6 Å². The van der Waals surface area contributed by atoms with Crippen molar-refractivity contribution in [3.63, 3.8) is 0 Å². The molecule has 22 heavy (non-hydrogen) atoms. The van der Waals surface area contributed by atoms with Crippen molar-refractivity contribution in [1.82, 2.24) is 10.3 Å². The molecule has 0 spiro atoms. The molecule has 2 N–H and O–H groups in total. The highest BCUT2D eigenvalue weighted by Gasteiger charge is 2.09. The largest absolute Gasteiger partial charge is 0.383 e. The van der Waals surface area contributed by atoms with E-state index in [1.54, 1.807) is 43.6 Å². The molecule has 5 nitrogen and oxygen atoms in total. The molecule has 2 aromatic rings. The normalized spacial score (nSPS) is 10.3. The second-order valence-electron chi connectivity index (χ2n) is 4.62. The topological polar surface area (TPSA) is 63.2 Å². The lowest BCUT2D eigenvalue weighted by Crippen LogP contribution is -2.24. The first-order valence-electron chi connectivity index (χ1n) is 6.91. The van der Waals surface area contributed by atoms with Gasteiger partial charge in [-0.05, 0) is 18.2 Å². The number of ether oxygens (including phenoxy) is 1. The van der Waals surface area contributed by atoms with Crippen molar-refractivity contribution >= 4 is 11.6 Å². The zero-order valence-corrected chi connectivity index (χ0v) is 12.3. The van der Waals surface area contributed by atoms with Gasteiger partial charge in [0.15, 0.2) is 0 Å². The summed E-state index contributed by atoms with van der Waals surface area (Å²) in [5.41, 5.74) is 1.49. The molecular weight excluding hydrogens is 285 g/mol. The monoisotopic (exact) mass is 303 g/mol. The van der Waals surface area contributed by atoms with E-state index in [0.717, 1.165) is 5.69 Å². The van der Waals surface area contributed by atoms with Gasteiger partial charge < -0.3 is 15.4 Å². The predicted octanol–water partition coefficient (Wildman–Crippen LogP) is 2.21. The van der Waals surface area contributed by atoms with Crippen molar-refractivity contribution < 1.29 is 13.9 Å². The molecule has 0 aliphatic rings. The highest BCUT2D eigenvalue weighted by Crippen LogP contribution is 2.09. The molecule has 0 unspecified atom stereocenters. The number of amides is 1. The maximum absolute atomic E-state index is 13.5. The van der Waals surface area contributed by atoms with Crippen LogP contribution < -0.4 is 10.6 Å². The van der Waals surface area contributed by atoms with Crippen molar-refractivity contribution in [1.29, 1.82) is 0 Å². The van der Waals surface area contributed by atoms with E-state index in [1.807, 2.05) is 0 Å². The number of hydrogen-bond donors (Lipinski definition) is 2. The summed E-state index contributed by atoms with van der Waals surface area (Å²) in [6, 6.07) is 9.74. The maximum atomic E-state index is 13.5. The SMILES string of the molecule is COCCNc1ccnc(C(=O)NCc2ccccc2F)c1. The highest BCUT2D eigenvalue weighted by molar-refractivity contribution is 5.93. The third kappa shape index (κ3) is 4.53. The van der Waals surface area contributed by atoms with Crippen LogP contribution in [-0.4, -0.2) is 31.2 Å². The van der Waals surface area contributed by atoms with E-state index in [9.17, 15) is 9.18 Å². The number of carbonyl (C=O) groups excluding carboxylic acids is 1. The molecule has 2 rings (SSSR count). The third-order valence-corrected chi connectivity index (χ3v) is 3.03. The Kier molecular flexibility index (Phi) is 5.85. The van der Waals surface area contributed by atoms with Gasteiger partial charge >= 0.3 is 0 Å². The number of halogens is 1. The lowest BCUT2D eigenvalue weighted by atomic mass is 10.2. The summed E-state index contributed by atoms with van der Waals surface area (Å²) in [5.74, 6) is -0.690. The van der Waals surface area contributed by atoms with Gasteiger partial charge in [-0.2, -0.15) is 0 Å². The Morgan fingerprint density at radius 3 is 2.91 bits per heavy atom. The van der Waals surface area contributed by atoms with Gasteiger partial charge in [0.25, 0.3) is 5.91 Å². The second-order valence-corrected chi connectivity index (χ2v) is 4.62. The van der Waals surface area contributed by atoms with Crippen LogP contribution in [0, 0.1) is 5.82 Å². The average molecular weight is 303 g/mol. The maximum Gasteiger partial charge on any atom is 0.270 e. The molecule has 0 atom stereocenters. The summed E-state index contributed by atoms with van der Waals surface area (Å²) >= 11 is 0. The van der Waals surface area contributed by atoms with Crippen LogP contribution in [0.1, 0.15) is 16.1 Å². The van der Waals surface area contributed by atoms with Crippen molar-refractivity contribution in [2.75, 3.05) is 25.6 Å². The van der Waals surface area contributed by atoms with Crippen LogP contribution in [0.3, 0.4) is 0 Å². The summed E-state index contributed by atoms with van der Waals surface area (Å²) in [5, 5.41) is 5.78. The molecule has 1 aromatic heterocycles. The highest BCUT2D eigenvalue weighted by atomic mass is 19.1. The smallest absolute Gasteiger partial charge is 0.270 e. The van der Waals surface area contributed by atoms with Gasteiger partial charge in [-0.25, -0.2) is 4.39 Å². The Morgan fingerprint density at radius 2 is 2.14 bits per heavy atom. The molecule has 0 saturated heterocycles. The van der Waals surface area contributed by atoms with E-state index in [-0.39, 0.29) is 24.0 Å².